The molecule has 0 bridgehead atoms. The van der Waals surface area contributed by atoms with Crippen molar-refractivity contribution in [2.24, 2.45) is 0 Å². The summed E-state index contributed by atoms with van der Waals surface area (Å²) in [5.41, 5.74) is 4.55. The number of hydrogen-bond donors (Lipinski definition) is 1. The Morgan fingerprint density at radius 1 is 1.19 bits per heavy atom. The summed E-state index contributed by atoms with van der Waals surface area (Å²) in [5, 5.41) is 14.6. The molecular formula is C17H18N2O2. The van der Waals surface area contributed by atoms with Crippen LogP contribution in [0.3, 0.4) is 0 Å². The molecule has 1 aliphatic carbocycles. The van der Waals surface area contributed by atoms with Crippen molar-refractivity contribution in [3.63, 3.8) is 0 Å². The zero-order valence-corrected chi connectivity index (χ0v) is 12.0. The number of nitro benzene ring substituents is 1. The second kappa shape index (κ2) is 5.56. The molecule has 0 amide bonds. The summed E-state index contributed by atoms with van der Waals surface area (Å²) in [6, 6.07) is 14.2. The quantitative estimate of drug-likeness (QED) is 0.686. The molecule has 0 atom stereocenters. The van der Waals surface area contributed by atoms with Gasteiger partial charge in [-0.05, 0) is 36.5 Å². The van der Waals surface area contributed by atoms with Gasteiger partial charge >= 0.3 is 0 Å². The number of nitrogens with one attached hydrogen (secondary N) is 1. The molecule has 0 radical (unpaired) electrons. The second-order valence-electron chi connectivity index (χ2n) is 5.47. The highest BCUT2D eigenvalue weighted by molar-refractivity contribution is 5.56. The van der Waals surface area contributed by atoms with Gasteiger partial charge in [0.25, 0.3) is 5.69 Å². The highest BCUT2D eigenvalue weighted by Gasteiger charge is 2.21. The van der Waals surface area contributed by atoms with Gasteiger partial charge in [-0.25, -0.2) is 0 Å². The van der Waals surface area contributed by atoms with E-state index in [2.05, 4.69) is 29.6 Å². The van der Waals surface area contributed by atoms with Gasteiger partial charge in [-0.2, -0.15) is 0 Å². The first-order valence-corrected chi connectivity index (χ1v) is 7.28. The fraction of sp³-hybridized carbons (Fsp3) is 0.294. The number of anilines is 1. The minimum Gasteiger partial charge on any atom is -0.381 e. The summed E-state index contributed by atoms with van der Waals surface area (Å²) < 4.78 is 0. The highest BCUT2D eigenvalue weighted by atomic mass is 16.6. The van der Waals surface area contributed by atoms with Crippen molar-refractivity contribution < 1.29 is 4.92 Å². The standard InChI is InChI=1S/C17H18N2O2/c1-2-12-7-8-15(11-17(12)19(20)21)18-16-9-13-5-3-4-6-14(13)10-16/h3-8,11,16,18H,2,9-10H2,1H3. The third-order valence-corrected chi connectivity index (χ3v) is 4.08. The third kappa shape index (κ3) is 2.75. The van der Waals surface area contributed by atoms with E-state index in [1.807, 2.05) is 19.1 Å². The maximum absolute atomic E-state index is 11.1. The molecule has 0 aromatic heterocycles. The SMILES string of the molecule is CCc1ccc(NC2Cc3ccccc3C2)cc1[N+](=O)[O-]. The molecule has 0 unspecified atom stereocenters. The highest BCUT2D eigenvalue weighted by Crippen LogP contribution is 2.27. The summed E-state index contributed by atoms with van der Waals surface area (Å²) in [7, 11) is 0. The summed E-state index contributed by atoms with van der Waals surface area (Å²) in [6.45, 7) is 1.93. The smallest absolute Gasteiger partial charge is 0.274 e. The minimum absolute atomic E-state index is 0.206. The van der Waals surface area contributed by atoms with Gasteiger partial charge in [0.1, 0.15) is 0 Å². The third-order valence-electron chi connectivity index (χ3n) is 4.08. The zero-order chi connectivity index (χ0) is 14.8. The average molecular weight is 282 g/mol. The van der Waals surface area contributed by atoms with Crippen LogP contribution in [-0.2, 0) is 19.3 Å². The number of aryl methyl sites for hydroxylation is 1. The normalized spacial score (nSPS) is 14.0. The maximum Gasteiger partial charge on any atom is 0.274 e. The van der Waals surface area contributed by atoms with Gasteiger partial charge in [0.15, 0.2) is 0 Å². The maximum atomic E-state index is 11.1. The van der Waals surface area contributed by atoms with Crippen LogP contribution in [0.25, 0.3) is 0 Å². The van der Waals surface area contributed by atoms with E-state index in [9.17, 15) is 10.1 Å². The van der Waals surface area contributed by atoms with E-state index >= 15 is 0 Å². The van der Waals surface area contributed by atoms with E-state index < -0.39 is 0 Å². The molecule has 0 heterocycles. The summed E-state index contributed by atoms with van der Waals surface area (Å²) in [6.07, 6.45) is 2.62. The van der Waals surface area contributed by atoms with Gasteiger partial charge in [-0.1, -0.05) is 37.3 Å². The molecular weight excluding hydrogens is 264 g/mol. The van der Waals surface area contributed by atoms with Gasteiger partial charge in [0.05, 0.1) is 4.92 Å². The molecule has 3 rings (SSSR count). The van der Waals surface area contributed by atoms with Crippen molar-refractivity contribution in [1.82, 2.24) is 0 Å². The fourth-order valence-corrected chi connectivity index (χ4v) is 3.02. The first kappa shape index (κ1) is 13.6. The Labute approximate surface area is 124 Å². The Morgan fingerprint density at radius 2 is 1.86 bits per heavy atom. The molecule has 1 N–H and O–H groups in total. The zero-order valence-electron chi connectivity index (χ0n) is 12.0. The predicted octanol–water partition coefficient (Wildman–Crippen LogP) is 3.74. The van der Waals surface area contributed by atoms with Crippen LogP contribution in [-0.4, -0.2) is 11.0 Å². The van der Waals surface area contributed by atoms with Crippen LogP contribution in [0.15, 0.2) is 42.5 Å². The van der Waals surface area contributed by atoms with Crippen molar-refractivity contribution >= 4 is 11.4 Å². The molecule has 0 saturated carbocycles. The van der Waals surface area contributed by atoms with E-state index in [0.717, 1.165) is 24.1 Å². The molecule has 0 fully saturated rings. The topological polar surface area (TPSA) is 55.2 Å². The molecule has 4 nitrogen and oxygen atoms in total. The average Bonchev–Trinajstić information content (AvgIpc) is 2.89. The Kier molecular flexibility index (Phi) is 3.60. The lowest BCUT2D eigenvalue weighted by atomic mass is 10.1. The molecule has 4 heteroatoms. The van der Waals surface area contributed by atoms with E-state index in [0.29, 0.717) is 12.5 Å². The van der Waals surface area contributed by atoms with Crippen LogP contribution >= 0.6 is 0 Å². The molecule has 0 saturated heterocycles. The monoisotopic (exact) mass is 282 g/mol. The van der Waals surface area contributed by atoms with Crippen molar-refractivity contribution in [3.8, 4) is 0 Å². The van der Waals surface area contributed by atoms with Crippen LogP contribution in [0.1, 0.15) is 23.6 Å². The van der Waals surface area contributed by atoms with Crippen LogP contribution < -0.4 is 5.32 Å². The van der Waals surface area contributed by atoms with Gasteiger partial charge in [-0.3, -0.25) is 10.1 Å². The van der Waals surface area contributed by atoms with Gasteiger partial charge < -0.3 is 5.32 Å². The summed E-state index contributed by atoms with van der Waals surface area (Å²) in [4.78, 5) is 10.8. The van der Waals surface area contributed by atoms with Crippen LogP contribution in [0, 0.1) is 10.1 Å². The van der Waals surface area contributed by atoms with Gasteiger partial charge in [0.2, 0.25) is 0 Å². The first-order chi connectivity index (χ1) is 10.2. The number of nitrogens with zero attached hydrogens (tertiary/aromatic N) is 1. The van der Waals surface area contributed by atoms with E-state index in [1.165, 1.54) is 11.1 Å². The van der Waals surface area contributed by atoms with Gasteiger partial charge in [0, 0.05) is 23.4 Å². The minimum atomic E-state index is -0.298. The largest absolute Gasteiger partial charge is 0.381 e. The fourth-order valence-electron chi connectivity index (χ4n) is 3.02. The number of benzene rings is 2. The lowest BCUT2D eigenvalue weighted by Gasteiger charge is -2.14. The lowest BCUT2D eigenvalue weighted by molar-refractivity contribution is -0.385. The van der Waals surface area contributed by atoms with Crippen molar-refractivity contribution in [3.05, 3.63) is 69.3 Å². The molecule has 21 heavy (non-hydrogen) atoms. The summed E-state index contributed by atoms with van der Waals surface area (Å²) >= 11 is 0. The number of rotatable bonds is 4. The molecule has 0 aliphatic heterocycles. The first-order valence-electron chi connectivity index (χ1n) is 7.28. The molecule has 0 spiro atoms. The van der Waals surface area contributed by atoms with Crippen LogP contribution in [0.4, 0.5) is 11.4 Å². The van der Waals surface area contributed by atoms with Gasteiger partial charge in [-0.15, -0.1) is 0 Å². The predicted molar refractivity (Wildman–Crippen MR) is 83.7 cm³/mol. The lowest BCUT2D eigenvalue weighted by Crippen LogP contribution is -2.19. The summed E-state index contributed by atoms with van der Waals surface area (Å²) in [5.74, 6) is 0. The van der Waals surface area contributed by atoms with Crippen LogP contribution in [0.5, 0.6) is 0 Å². The molecule has 2 aromatic rings. The number of fused-ring (bicyclic) bond motifs is 1. The van der Waals surface area contributed by atoms with Crippen molar-refractivity contribution in [2.75, 3.05) is 5.32 Å². The molecule has 1 aliphatic rings. The Hall–Kier alpha value is -2.36. The Balaban J connectivity index is 1.78. The van der Waals surface area contributed by atoms with E-state index in [1.54, 1.807) is 6.07 Å². The number of nitro groups is 1. The van der Waals surface area contributed by atoms with Crippen molar-refractivity contribution in [1.29, 1.82) is 0 Å². The molecule has 2 aromatic carbocycles. The second-order valence-corrected chi connectivity index (χ2v) is 5.47. The van der Waals surface area contributed by atoms with E-state index in [4.69, 9.17) is 0 Å². The van der Waals surface area contributed by atoms with Crippen LogP contribution in [0.2, 0.25) is 0 Å². The molecule has 108 valence electrons. The van der Waals surface area contributed by atoms with Crippen molar-refractivity contribution in [2.45, 2.75) is 32.2 Å². The van der Waals surface area contributed by atoms with E-state index in [-0.39, 0.29) is 10.6 Å². The Bertz CT molecular complexity index is 657. The Morgan fingerprint density at radius 3 is 2.43 bits per heavy atom. The number of hydrogen-bond acceptors (Lipinski definition) is 3.